The third-order valence-corrected chi connectivity index (χ3v) is 5.92. The maximum Gasteiger partial charge on any atom is 4.00 e. The van der Waals surface area contributed by atoms with Gasteiger partial charge in [-0.1, -0.05) is 72.8 Å². The fourth-order valence-electron chi connectivity index (χ4n) is 4.24. The Hall–Kier alpha value is -1.01. The molecule has 1 saturated heterocycles. The summed E-state index contributed by atoms with van der Waals surface area (Å²) in [6.45, 7) is 2.75. The van der Waals surface area contributed by atoms with E-state index in [9.17, 15) is 0 Å². The molecule has 0 radical (unpaired) electrons. The molecule has 1 heterocycles. The van der Waals surface area contributed by atoms with Crippen LogP contribution in [0, 0.1) is 6.04 Å². The van der Waals surface area contributed by atoms with Crippen molar-refractivity contribution in [2.24, 2.45) is 0 Å². The van der Waals surface area contributed by atoms with E-state index in [2.05, 4.69) is 120 Å². The second kappa shape index (κ2) is 15.8. The van der Waals surface area contributed by atoms with Crippen molar-refractivity contribution in [3.05, 3.63) is 114 Å². The number of hydrogen-bond acceptors (Lipinski definition) is 3. The molecule has 0 bridgehead atoms. The molecule has 0 aromatic heterocycles. The monoisotopic (exact) mass is 537 g/mol. The summed E-state index contributed by atoms with van der Waals surface area (Å²) in [5.74, 6) is 0. The Morgan fingerprint density at radius 3 is 1.73 bits per heavy atom. The van der Waals surface area contributed by atoms with E-state index < -0.39 is 0 Å². The number of rotatable bonds is 3. The molecule has 0 saturated carbocycles. The Kier molecular flexibility index (Phi) is 15.3. The van der Waals surface area contributed by atoms with Gasteiger partial charge in [0.25, 0.3) is 0 Å². The molecule has 2 atom stereocenters. The van der Waals surface area contributed by atoms with Crippen molar-refractivity contribution >= 4 is 0 Å². The first-order chi connectivity index (χ1) is 14.2. The number of nitrogens with one attached hydrogen (secondary N) is 1. The number of nitrogens with zero attached hydrogens (tertiary/aromatic N) is 2. The van der Waals surface area contributed by atoms with Crippen molar-refractivity contribution in [3.8, 4) is 0 Å². The Bertz CT molecular complexity index is 887. The van der Waals surface area contributed by atoms with Crippen molar-refractivity contribution in [1.82, 2.24) is 15.1 Å². The maximum absolute atomic E-state index is 3.84. The summed E-state index contributed by atoms with van der Waals surface area (Å²) in [6, 6.07) is 34.4. The van der Waals surface area contributed by atoms with Gasteiger partial charge in [-0.25, -0.2) is 0 Å². The van der Waals surface area contributed by atoms with Gasteiger partial charge in [0.05, 0.1) is 0 Å². The molecule has 0 spiro atoms. The van der Waals surface area contributed by atoms with Crippen LogP contribution in [0.3, 0.4) is 0 Å². The van der Waals surface area contributed by atoms with Gasteiger partial charge in [0.1, 0.15) is 0 Å². The fourth-order valence-corrected chi connectivity index (χ4v) is 4.24. The van der Waals surface area contributed by atoms with Crippen LogP contribution in [-0.4, -0.2) is 43.5 Å². The first-order valence-electron chi connectivity index (χ1n) is 10.4. The number of halogens is 3. The van der Waals surface area contributed by atoms with Gasteiger partial charge < -0.3 is 47.4 Å². The van der Waals surface area contributed by atoms with Crippen LogP contribution in [0.4, 0.5) is 0 Å². The molecule has 33 heavy (non-hydrogen) atoms. The molecule has 7 heteroatoms. The van der Waals surface area contributed by atoms with E-state index in [1.54, 1.807) is 0 Å². The minimum Gasteiger partial charge on any atom is -1.00 e. The zero-order valence-electron chi connectivity index (χ0n) is 19.0. The zero-order valence-corrected chi connectivity index (χ0v) is 22.8. The molecule has 3 aromatic carbocycles. The summed E-state index contributed by atoms with van der Waals surface area (Å²) in [7, 11) is 4.47. The second-order valence-electron chi connectivity index (χ2n) is 7.90. The average Bonchev–Trinajstić information content (AvgIpc) is 2.84. The predicted octanol–water partition coefficient (Wildman–Crippen LogP) is -4.47. The first kappa shape index (κ1) is 32.0. The van der Waals surface area contributed by atoms with E-state index in [1.807, 2.05) is 0 Å². The van der Waals surface area contributed by atoms with Gasteiger partial charge in [0.2, 0.25) is 0 Å². The van der Waals surface area contributed by atoms with Crippen LogP contribution in [0.1, 0.15) is 28.8 Å². The summed E-state index contributed by atoms with van der Waals surface area (Å²) < 4.78 is 0. The molecule has 3 aromatic rings. The van der Waals surface area contributed by atoms with E-state index >= 15 is 0 Å². The standard InChI is InChI=1S/C26H30N3.3ClH.Ti/c1-28-19-24(21-12-6-3-7-13-21)27-18-25(22-14-8-4-9-15-22)29(2)20-26(28)23-16-10-5-11-17-23;;;;/h3-17,24,26-27H,18-20H2,1-2H3;3*1H;/q-1;;;;+4/p-3. The quantitative estimate of drug-likeness (QED) is 0.268. The van der Waals surface area contributed by atoms with Crippen LogP contribution in [0.25, 0.3) is 0 Å². The number of likely N-dealkylation sites (N-methyl/N-ethyl adjacent to an activating group) is 2. The van der Waals surface area contributed by atoms with Crippen LogP contribution in [-0.2, 0) is 21.7 Å². The molecule has 4 rings (SSSR count). The summed E-state index contributed by atoms with van der Waals surface area (Å²) in [5.41, 5.74) is 3.98. The Morgan fingerprint density at radius 2 is 1.18 bits per heavy atom. The van der Waals surface area contributed by atoms with Gasteiger partial charge >= 0.3 is 21.7 Å². The van der Waals surface area contributed by atoms with Crippen LogP contribution < -0.4 is 42.5 Å². The molecule has 1 aliphatic heterocycles. The van der Waals surface area contributed by atoms with Crippen LogP contribution in [0.5, 0.6) is 0 Å². The largest absolute Gasteiger partial charge is 4.00 e. The Labute approximate surface area is 232 Å². The van der Waals surface area contributed by atoms with Crippen molar-refractivity contribution < 1.29 is 58.9 Å². The minimum absolute atomic E-state index is 0. The van der Waals surface area contributed by atoms with Crippen LogP contribution >= 0.6 is 0 Å². The summed E-state index contributed by atoms with van der Waals surface area (Å²) in [6.07, 6.45) is 0. The molecular weight excluding hydrogens is 509 g/mol. The topological polar surface area (TPSA) is 18.5 Å². The molecular formula is C26H30Cl3N3Ti. The van der Waals surface area contributed by atoms with Gasteiger partial charge in [-0.15, -0.1) is 12.1 Å². The third kappa shape index (κ3) is 8.31. The van der Waals surface area contributed by atoms with E-state index in [-0.39, 0.29) is 65.0 Å². The molecule has 2 unspecified atom stereocenters. The number of benzene rings is 3. The summed E-state index contributed by atoms with van der Waals surface area (Å²) >= 11 is 0. The van der Waals surface area contributed by atoms with Gasteiger partial charge in [-0.3, -0.25) is 4.90 Å². The minimum atomic E-state index is 0. The molecule has 3 nitrogen and oxygen atoms in total. The molecule has 1 aliphatic rings. The maximum atomic E-state index is 3.84. The Morgan fingerprint density at radius 1 is 0.697 bits per heavy atom. The first-order valence-corrected chi connectivity index (χ1v) is 10.4. The smallest absolute Gasteiger partial charge is 1.00 e. The Balaban J connectivity index is 0.00000256. The van der Waals surface area contributed by atoms with E-state index in [0.717, 1.165) is 19.6 Å². The van der Waals surface area contributed by atoms with Crippen LogP contribution in [0.2, 0.25) is 0 Å². The van der Waals surface area contributed by atoms with E-state index in [4.69, 9.17) is 0 Å². The van der Waals surface area contributed by atoms with E-state index in [0.29, 0.717) is 6.04 Å². The van der Waals surface area contributed by atoms with Gasteiger partial charge in [0, 0.05) is 25.2 Å². The predicted molar refractivity (Wildman–Crippen MR) is 120 cm³/mol. The normalized spacial score (nSPS) is 19.3. The third-order valence-electron chi connectivity index (χ3n) is 5.92. The summed E-state index contributed by atoms with van der Waals surface area (Å²) in [4.78, 5) is 4.91. The molecule has 0 aliphatic carbocycles. The van der Waals surface area contributed by atoms with Crippen molar-refractivity contribution in [2.75, 3.05) is 33.7 Å². The van der Waals surface area contributed by atoms with Crippen LogP contribution in [0.15, 0.2) is 91.0 Å². The SMILES string of the molecule is CN1CC(c2ccccc2)N(C)CC(c2ccccc2)NC[C-]1c1ccccc1.[Cl-].[Cl-].[Cl-].[Ti+4]. The zero-order chi connectivity index (χ0) is 20.1. The molecule has 0 amide bonds. The molecule has 1 fully saturated rings. The van der Waals surface area contributed by atoms with Crippen molar-refractivity contribution in [3.63, 3.8) is 0 Å². The average molecular weight is 539 g/mol. The fraction of sp³-hybridized carbons (Fsp3) is 0.269. The van der Waals surface area contributed by atoms with Gasteiger partial charge in [-0.2, -0.15) is 17.7 Å². The summed E-state index contributed by atoms with van der Waals surface area (Å²) in [5, 5.41) is 3.84. The molecule has 1 N–H and O–H groups in total. The second-order valence-corrected chi connectivity index (χ2v) is 7.90. The molecule has 174 valence electrons. The van der Waals surface area contributed by atoms with Crippen molar-refractivity contribution in [1.29, 1.82) is 0 Å². The van der Waals surface area contributed by atoms with Gasteiger partial charge in [0.15, 0.2) is 0 Å². The van der Waals surface area contributed by atoms with Crippen molar-refractivity contribution in [2.45, 2.75) is 12.1 Å². The van der Waals surface area contributed by atoms with Gasteiger partial charge in [-0.05, 0) is 31.8 Å². The van der Waals surface area contributed by atoms with E-state index in [1.165, 1.54) is 22.7 Å². The number of hydrogen-bond donors (Lipinski definition) is 1.